The van der Waals surface area contributed by atoms with Crippen LogP contribution in [-0.2, 0) is 10.0 Å². The lowest BCUT2D eigenvalue weighted by molar-refractivity contribution is -0.389. The van der Waals surface area contributed by atoms with Gasteiger partial charge in [0.1, 0.15) is 4.90 Å². The van der Waals surface area contributed by atoms with Gasteiger partial charge in [0, 0.05) is 6.07 Å². The Kier molecular flexibility index (Phi) is 3.67. The lowest BCUT2D eigenvalue weighted by Gasteiger charge is -2.10. The number of halogens is 3. The molecule has 0 amide bonds. The summed E-state index contributed by atoms with van der Waals surface area (Å²) in [6.07, 6.45) is -5.20. The summed E-state index contributed by atoms with van der Waals surface area (Å²) in [4.78, 5) is 11.7. The highest BCUT2D eigenvalue weighted by Gasteiger charge is 2.36. The number of aryl methyl sites for hydroxylation is 1. The molecule has 1 aromatic heterocycles. The molecule has 1 heterocycles. The molecular weight excluding hydrogens is 295 g/mol. The molecule has 106 valence electrons. The van der Waals surface area contributed by atoms with Crippen LogP contribution in [0.5, 0.6) is 5.88 Å². The van der Waals surface area contributed by atoms with Gasteiger partial charge < -0.3 is 4.74 Å². The average molecular weight is 301 g/mol. The zero-order valence-electron chi connectivity index (χ0n) is 9.13. The molecule has 0 aliphatic heterocycles. The fourth-order valence-electron chi connectivity index (χ4n) is 1.16. The highest BCUT2D eigenvalue weighted by Crippen LogP contribution is 2.32. The topological polar surface area (TPSA) is 125 Å². The first kappa shape index (κ1) is 15.1. The minimum absolute atomic E-state index is 0.360. The van der Waals surface area contributed by atoms with E-state index in [9.17, 15) is 31.7 Å². The van der Waals surface area contributed by atoms with Crippen LogP contribution < -0.4 is 9.88 Å². The van der Waals surface area contributed by atoms with Gasteiger partial charge >= 0.3 is 17.9 Å². The molecule has 0 spiro atoms. The van der Waals surface area contributed by atoms with E-state index in [1.807, 2.05) is 0 Å². The van der Waals surface area contributed by atoms with E-state index >= 15 is 0 Å². The van der Waals surface area contributed by atoms with Gasteiger partial charge in [-0.25, -0.2) is 18.5 Å². The summed E-state index contributed by atoms with van der Waals surface area (Å²) in [5, 5.41) is 15.3. The summed E-state index contributed by atoms with van der Waals surface area (Å²) in [6.45, 7) is 1.02. The maximum absolute atomic E-state index is 12.0. The minimum atomic E-state index is -5.20. The molecular formula is C7H6F3N3O5S. The monoisotopic (exact) mass is 301 g/mol. The Labute approximate surface area is 104 Å². The molecule has 19 heavy (non-hydrogen) atoms. The number of primary sulfonamides is 1. The number of nitrogens with zero attached hydrogens (tertiary/aromatic N) is 2. The van der Waals surface area contributed by atoms with Gasteiger partial charge in [0.25, 0.3) is 0 Å². The molecule has 2 N–H and O–H groups in total. The van der Waals surface area contributed by atoms with Gasteiger partial charge in [-0.2, -0.15) is 0 Å². The summed E-state index contributed by atoms with van der Waals surface area (Å²) < 4.78 is 61.6. The standard InChI is InChI=1S/C7H6F3N3O5S/c1-3-5(19(11,16)17)2-4(13(14)15)6(12-3)18-7(8,9)10/h2H,1H3,(H2,11,16,17). The smallest absolute Gasteiger partial charge is 0.381 e. The molecule has 0 saturated carbocycles. The zero-order chi connectivity index (χ0) is 15.0. The van der Waals surface area contributed by atoms with Gasteiger partial charge in [-0.1, -0.05) is 0 Å². The summed E-state index contributed by atoms with van der Waals surface area (Å²) in [7, 11) is -4.35. The SMILES string of the molecule is Cc1nc(OC(F)(F)F)c([N+](=O)[O-])cc1S(N)(=O)=O. The molecule has 12 heteroatoms. The van der Waals surface area contributed by atoms with Crippen molar-refractivity contribution in [2.75, 3.05) is 0 Å². The normalized spacial score (nSPS) is 12.3. The van der Waals surface area contributed by atoms with Crippen LogP contribution in [0.3, 0.4) is 0 Å². The molecule has 1 aromatic rings. The molecule has 0 aliphatic rings. The molecule has 0 saturated heterocycles. The molecule has 0 atom stereocenters. The third-order valence-corrected chi connectivity index (χ3v) is 2.85. The molecule has 0 unspecified atom stereocenters. The molecule has 1 rings (SSSR count). The second-order valence-corrected chi connectivity index (χ2v) is 4.78. The maximum atomic E-state index is 12.0. The van der Waals surface area contributed by atoms with Crippen molar-refractivity contribution in [3.05, 3.63) is 21.9 Å². The van der Waals surface area contributed by atoms with Crippen molar-refractivity contribution in [1.82, 2.24) is 4.98 Å². The average Bonchev–Trinajstić information content (AvgIpc) is 2.11. The highest BCUT2D eigenvalue weighted by molar-refractivity contribution is 7.89. The van der Waals surface area contributed by atoms with Crippen LogP contribution in [0.4, 0.5) is 18.9 Å². The van der Waals surface area contributed by atoms with E-state index in [4.69, 9.17) is 5.14 Å². The van der Waals surface area contributed by atoms with Gasteiger partial charge in [-0.05, 0) is 6.92 Å². The van der Waals surface area contributed by atoms with Gasteiger partial charge in [0.2, 0.25) is 10.0 Å². The van der Waals surface area contributed by atoms with Crippen molar-refractivity contribution in [2.24, 2.45) is 5.14 Å². The number of nitro groups is 1. The number of ether oxygens (including phenoxy) is 1. The third-order valence-electron chi connectivity index (χ3n) is 1.83. The largest absolute Gasteiger partial charge is 0.574 e. The van der Waals surface area contributed by atoms with Crippen molar-refractivity contribution in [3.63, 3.8) is 0 Å². The van der Waals surface area contributed by atoms with Crippen LogP contribution in [0.25, 0.3) is 0 Å². The Hall–Kier alpha value is -1.95. The number of hydrogen-bond donors (Lipinski definition) is 1. The number of rotatable bonds is 3. The Morgan fingerprint density at radius 2 is 2.00 bits per heavy atom. The van der Waals surface area contributed by atoms with Crippen LogP contribution in [0.2, 0.25) is 0 Å². The zero-order valence-corrected chi connectivity index (χ0v) is 9.95. The van der Waals surface area contributed by atoms with Crippen LogP contribution in [0.1, 0.15) is 5.69 Å². The van der Waals surface area contributed by atoms with Crippen molar-refractivity contribution in [2.45, 2.75) is 18.2 Å². The Morgan fingerprint density at radius 3 is 2.37 bits per heavy atom. The number of sulfonamides is 1. The quantitative estimate of drug-likeness (QED) is 0.651. The first-order valence-electron chi connectivity index (χ1n) is 4.36. The fourth-order valence-corrected chi connectivity index (χ4v) is 1.89. The second kappa shape index (κ2) is 4.62. The lowest BCUT2D eigenvalue weighted by Crippen LogP contribution is -2.20. The molecule has 0 aromatic carbocycles. The van der Waals surface area contributed by atoms with Crippen LogP contribution in [0.15, 0.2) is 11.0 Å². The minimum Gasteiger partial charge on any atom is -0.381 e. The van der Waals surface area contributed by atoms with Crippen molar-refractivity contribution in [1.29, 1.82) is 0 Å². The Bertz CT molecular complexity index is 628. The third kappa shape index (κ3) is 3.75. The first-order valence-corrected chi connectivity index (χ1v) is 5.91. The molecule has 0 bridgehead atoms. The van der Waals surface area contributed by atoms with E-state index in [1.54, 1.807) is 0 Å². The van der Waals surface area contributed by atoms with Crippen molar-refractivity contribution >= 4 is 15.7 Å². The number of aromatic nitrogens is 1. The van der Waals surface area contributed by atoms with E-state index in [1.165, 1.54) is 0 Å². The van der Waals surface area contributed by atoms with Gasteiger partial charge in [0.05, 0.1) is 10.6 Å². The van der Waals surface area contributed by atoms with E-state index < -0.39 is 43.5 Å². The molecule has 0 aliphatic carbocycles. The predicted octanol–water partition coefficient (Wildman–Crippen LogP) is 0.844. The summed E-state index contributed by atoms with van der Waals surface area (Å²) >= 11 is 0. The summed E-state index contributed by atoms with van der Waals surface area (Å²) in [5.41, 5.74) is -1.71. The fraction of sp³-hybridized carbons (Fsp3) is 0.286. The number of alkyl halides is 3. The molecule has 0 fully saturated rings. The molecule has 0 radical (unpaired) electrons. The Balaban J connectivity index is 3.51. The second-order valence-electron chi connectivity index (χ2n) is 3.25. The number of nitrogens with two attached hydrogens (primary N) is 1. The first-order chi connectivity index (χ1) is 8.42. The molecule has 8 nitrogen and oxygen atoms in total. The highest BCUT2D eigenvalue weighted by atomic mass is 32.2. The van der Waals surface area contributed by atoms with E-state index in [-0.39, 0.29) is 0 Å². The van der Waals surface area contributed by atoms with E-state index in [2.05, 4.69) is 9.72 Å². The van der Waals surface area contributed by atoms with Crippen LogP contribution >= 0.6 is 0 Å². The number of hydrogen-bond acceptors (Lipinski definition) is 6. The lowest BCUT2D eigenvalue weighted by atomic mass is 10.3. The summed E-state index contributed by atoms with van der Waals surface area (Å²) in [5.74, 6) is -1.36. The predicted molar refractivity (Wildman–Crippen MR) is 53.7 cm³/mol. The van der Waals surface area contributed by atoms with E-state index in [0.717, 1.165) is 6.92 Å². The van der Waals surface area contributed by atoms with Crippen LogP contribution in [0, 0.1) is 17.0 Å². The Morgan fingerprint density at radius 1 is 1.47 bits per heavy atom. The van der Waals surface area contributed by atoms with E-state index in [0.29, 0.717) is 6.07 Å². The summed E-state index contributed by atoms with van der Waals surface area (Å²) in [6, 6.07) is 0.360. The van der Waals surface area contributed by atoms with Crippen molar-refractivity contribution in [3.8, 4) is 5.88 Å². The van der Waals surface area contributed by atoms with Crippen LogP contribution in [-0.4, -0.2) is 24.7 Å². The maximum Gasteiger partial charge on any atom is 0.574 e. The van der Waals surface area contributed by atoms with Gasteiger partial charge in [-0.3, -0.25) is 10.1 Å². The number of pyridine rings is 1. The van der Waals surface area contributed by atoms with Gasteiger partial charge in [-0.15, -0.1) is 13.2 Å². The van der Waals surface area contributed by atoms with Crippen molar-refractivity contribution < 1.29 is 31.2 Å². The van der Waals surface area contributed by atoms with Gasteiger partial charge in [0.15, 0.2) is 0 Å².